The summed E-state index contributed by atoms with van der Waals surface area (Å²) in [7, 11) is 0. The summed E-state index contributed by atoms with van der Waals surface area (Å²) in [4.78, 5) is 5.61. The van der Waals surface area contributed by atoms with E-state index >= 15 is 0 Å². The summed E-state index contributed by atoms with van der Waals surface area (Å²) in [5.41, 5.74) is 1.66. The van der Waals surface area contributed by atoms with Crippen molar-refractivity contribution in [1.29, 1.82) is 0 Å². The van der Waals surface area contributed by atoms with Gasteiger partial charge in [-0.1, -0.05) is 29.3 Å². The maximum Gasteiger partial charge on any atom is 0.239 e. The Bertz CT molecular complexity index is 331. The second-order valence-corrected chi connectivity index (χ2v) is 3.03. The van der Waals surface area contributed by atoms with Gasteiger partial charge in [0.1, 0.15) is 12.4 Å². The van der Waals surface area contributed by atoms with Crippen LogP contribution in [0.15, 0.2) is 36.9 Å². The van der Waals surface area contributed by atoms with E-state index in [0.29, 0.717) is 0 Å². The fraction of sp³-hybridized carbons (Fsp3) is 0.182. The lowest BCUT2D eigenvalue weighted by atomic mass is 10.1. The van der Waals surface area contributed by atoms with E-state index in [1.165, 1.54) is 0 Å². The number of imidazole rings is 1. The van der Waals surface area contributed by atoms with Crippen molar-refractivity contribution in [3.8, 4) is 5.75 Å². The number of aromatic amines is 2. The Morgan fingerprint density at radius 2 is 1.86 bits per heavy atom. The highest BCUT2D eigenvalue weighted by molar-refractivity contribution is 5.36. The molecule has 0 unspecified atom stereocenters. The van der Waals surface area contributed by atoms with Crippen LogP contribution in [0.2, 0.25) is 0 Å². The van der Waals surface area contributed by atoms with Crippen molar-refractivity contribution in [3.05, 3.63) is 48.0 Å². The SMILES string of the molecule is Cc1cccc(C)c1[O-].c1c[nH+]c[nH]1. The molecule has 1 heterocycles. The number of aryl methyl sites for hydroxylation is 2. The molecule has 0 aliphatic carbocycles. The van der Waals surface area contributed by atoms with Gasteiger partial charge in [0.2, 0.25) is 6.33 Å². The molecular formula is C11H14N2O. The monoisotopic (exact) mass is 190 g/mol. The lowest BCUT2D eigenvalue weighted by molar-refractivity contribution is -0.375. The summed E-state index contributed by atoms with van der Waals surface area (Å²) >= 11 is 0. The number of nitrogens with one attached hydrogen (secondary N) is 2. The van der Waals surface area contributed by atoms with Crippen molar-refractivity contribution in [2.45, 2.75) is 13.8 Å². The third-order valence-electron chi connectivity index (χ3n) is 1.85. The largest absolute Gasteiger partial charge is 0.872 e. The molecule has 2 N–H and O–H groups in total. The van der Waals surface area contributed by atoms with Crippen LogP contribution < -0.4 is 10.1 Å². The van der Waals surface area contributed by atoms with E-state index in [2.05, 4.69) is 9.97 Å². The van der Waals surface area contributed by atoms with E-state index in [4.69, 9.17) is 0 Å². The zero-order chi connectivity index (χ0) is 10.4. The Labute approximate surface area is 83.4 Å². The van der Waals surface area contributed by atoms with Crippen LogP contribution in [0.25, 0.3) is 0 Å². The van der Waals surface area contributed by atoms with Gasteiger partial charge in [-0.15, -0.1) is 5.75 Å². The van der Waals surface area contributed by atoms with Gasteiger partial charge >= 0.3 is 0 Å². The van der Waals surface area contributed by atoms with Gasteiger partial charge in [0.15, 0.2) is 0 Å². The summed E-state index contributed by atoms with van der Waals surface area (Å²) in [6.07, 6.45) is 5.39. The van der Waals surface area contributed by atoms with Crippen LogP contribution in [0.5, 0.6) is 5.75 Å². The van der Waals surface area contributed by atoms with Gasteiger partial charge in [0.05, 0.1) is 0 Å². The Morgan fingerprint density at radius 3 is 2.14 bits per heavy atom. The zero-order valence-corrected chi connectivity index (χ0v) is 8.37. The molecule has 1 aromatic heterocycles. The average molecular weight is 190 g/mol. The Morgan fingerprint density at radius 1 is 1.21 bits per heavy atom. The number of para-hydroxylation sites is 1. The third kappa shape index (κ3) is 2.94. The molecule has 0 aliphatic rings. The summed E-state index contributed by atoms with van der Waals surface area (Å²) in [5.74, 6) is 0.164. The smallest absolute Gasteiger partial charge is 0.239 e. The first kappa shape index (κ1) is 10.3. The third-order valence-corrected chi connectivity index (χ3v) is 1.85. The van der Waals surface area contributed by atoms with Crippen LogP contribution >= 0.6 is 0 Å². The molecule has 0 spiro atoms. The lowest BCUT2D eigenvalue weighted by Crippen LogP contribution is -1.95. The topological polar surface area (TPSA) is 53.0 Å². The molecule has 0 aliphatic heterocycles. The maximum atomic E-state index is 11.0. The molecule has 0 radical (unpaired) electrons. The number of rotatable bonds is 0. The first-order valence-electron chi connectivity index (χ1n) is 4.44. The number of aromatic nitrogens is 2. The van der Waals surface area contributed by atoms with Crippen molar-refractivity contribution in [1.82, 2.24) is 4.98 Å². The van der Waals surface area contributed by atoms with E-state index in [1.54, 1.807) is 6.33 Å². The fourth-order valence-corrected chi connectivity index (χ4v) is 1.04. The van der Waals surface area contributed by atoms with Crippen LogP contribution in [0.3, 0.4) is 0 Å². The number of benzene rings is 1. The van der Waals surface area contributed by atoms with Gasteiger partial charge in [-0.2, -0.15) is 0 Å². The minimum absolute atomic E-state index is 0.164. The van der Waals surface area contributed by atoms with Crippen LogP contribution in [0.4, 0.5) is 0 Å². The maximum absolute atomic E-state index is 11.0. The Hall–Kier alpha value is -1.77. The van der Waals surface area contributed by atoms with Gasteiger partial charge in [0.25, 0.3) is 0 Å². The number of hydrogen-bond acceptors (Lipinski definition) is 1. The molecule has 2 rings (SSSR count). The van der Waals surface area contributed by atoms with E-state index in [0.717, 1.165) is 11.1 Å². The van der Waals surface area contributed by atoms with Gasteiger partial charge in [-0.25, -0.2) is 0 Å². The Kier molecular flexibility index (Phi) is 3.73. The van der Waals surface area contributed by atoms with E-state index in [1.807, 2.05) is 44.4 Å². The Balaban J connectivity index is 0.000000165. The van der Waals surface area contributed by atoms with Crippen molar-refractivity contribution < 1.29 is 10.1 Å². The predicted molar refractivity (Wildman–Crippen MR) is 52.7 cm³/mol. The fourth-order valence-electron chi connectivity index (χ4n) is 1.04. The highest BCUT2D eigenvalue weighted by Gasteiger charge is 1.86. The van der Waals surface area contributed by atoms with Crippen molar-refractivity contribution in [3.63, 3.8) is 0 Å². The minimum Gasteiger partial charge on any atom is -0.872 e. The molecule has 0 atom stereocenters. The normalized spacial score (nSPS) is 9.00. The molecule has 0 saturated carbocycles. The summed E-state index contributed by atoms with van der Waals surface area (Å²) in [6, 6.07) is 5.55. The summed E-state index contributed by atoms with van der Waals surface area (Å²) in [5, 5.41) is 11.0. The predicted octanol–water partition coefficient (Wildman–Crippen LogP) is 1.21. The molecule has 1 aromatic carbocycles. The molecule has 74 valence electrons. The van der Waals surface area contributed by atoms with Gasteiger partial charge < -0.3 is 5.11 Å². The average Bonchev–Trinajstić information content (AvgIpc) is 2.72. The van der Waals surface area contributed by atoms with Crippen molar-refractivity contribution in [2.75, 3.05) is 0 Å². The first-order valence-corrected chi connectivity index (χ1v) is 4.44. The molecule has 3 nitrogen and oxygen atoms in total. The summed E-state index contributed by atoms with van der Waals surface area (Å²) < 4.78 is 0. The summed E-state index contributed by atoms with van der Waals surface area (Å²) in [6.45, 7) is 3.66. The van der Waals surface area contributed by atoms with Crippen LogP contribution in [0.1, 0.15) is 11.1 Å². The van der Waals surface area contributed by atoms with Crippen LogP contribution in [-0.2, 0) is 0 Å². The van der Waals surface area contributed by atoms with Gasteiger partial charge in [-0.3, -0.25) is 9.97 Å². The molecule has 2 aromatic rings. The number of H-pyrrole nitrogens is 2. The van der Waals surface area contributed by atoms with Crippen LogP contribution in [-0.4, -0.2) is 4.98 Å². The molecule has 0 fully saturated rings. The minimum atomic E-state index is 0.164. The molecule has 0 amide bonds. The molecule has 0 saturated heterocycles. The van der Waals surface area contributed by atoms with E-state index in [9.17, 15) is 5.11 Å². The van der Waals surface area contributed by atoms with Gasteiger partial charge in [0, 0.05) is 0 Å². The van der Waals surface area contributed by atoms with Crippen LogP contribution in [0, 0.1) is 13.8 Å². The highest BCUT2D eigenvalue weighted by Crippen LogP contribution is 2.15. The van der Waals surface area contributed by atoms with Gasteiger partial charge in [-0.05, 0) is 13.8 Å². The molecular weight excluding hydrogens is 176 g/mol. The molecule has 0 bridgehead atoms. The van der Waals surface area contributed by atoms with Crippen molar-refractivity contribution >= 4 is 0 Å². The second-order valence-electron chi connectivity index (χ2n) is 3.03. The first-order chi connectivity index (χ1) is 6.72. The second kappa shape index (κ2) is 5.07. The number of hydrogen-bond donors (Lipinski definition) is 1. The lowest BCUT2D eigenvalue weighted by Gasteiger charge is -2.12. The quantitative estimate of drug-likeness (QED) is 0.667. The zero-order valence-electron chi connectivity index (χ0n) is 8.37. The standard InChI is InChI=1S/C8H10O.C3H4N2/c1-6-4-3-5-7(2)8(6)9;1-2-5-3-4-1/h3-5,9H,1-2H3;1-3H,(H,4,5). The van der Waals surface area contributed by atoms with Crippen molar-refractivity contribution in [2.24, 2.45) is 0 Å². The van der Waals surface area contributed by atoms with E-state index in [-0.39, 0.29) is 5.75 Å². The molecule has 14 heavy (non-hydrogen) atoms. The highest BCUT2D eigenvalue weighted by atomic mass is 16.3. The molecule has 3 heteroatoms. The van der Waals surface area contributed by atoms with E-state index < -0.39 is 0 Å².